The third-order valence-corrected chi connectivity index (χ3v) is 1.79. The summed E-state index contributed by atoms with van der Waals surface area (Å²) in [5.74, 6) is -1.42. The van der Waals surface area contributed by atoms with E-state index in [-0.39, 0.29) is 5.56 Å². The van der Waals surface area contributed by atoms with Gasteiger partial charge in [0.25, 0.3) is 0 Å². The van der Waals surface area contributed by atoms with E-state index >= 15 is 0 Å². The van der Waals surface area contributed by atoms with E-state index in [1.165, 1.54) is 12.1 Å². The molecule has 0 amide bonds. The molecule has 1 atom stereocenters. The van der Waals surface area contributed by atoms with Gasteiger partial charge in [-0.1, -0.05) is 0 Å². The molecule has 1 rings (SSSR count). The minimum atomic E-state index is -0.999. The number of aliphatic hydroxyl groups is 1. The molecule has 4 heteroatoms. The second-order valence-corrected chi connectivity index (χ2v) is 2.93. The molecule has 0 saturated carbocycles. The average Bonchev–Trinajstić information content (AvgIpc) is 2.02. The van der Waals surface area contributed by atoms with E-state index in [0.29, 0.717) is 5.56 Å². The number of aryl methyl sites for hydroxylation is 1. The molecular formula is C9H11F2NO. The Bertz CT molecular complexity index is 291. The van der Waals surface area contributed by atoms with Crippen LogP contribution in [0.5, 0.6) is 0 Å². The summed E-state index contributed by atoms with van der Waals surface area (Å²) in [6.45, 7) is 1.11. The lowest BCUT2D eigenvalue weighted by Crippen LogP contribution is -2.18. The van der Waals surface area contributed by atoms with E-state index in [1.54, 1.807) is 6.92 Å². The SMILES string of the molecule is Cc1cc(F)c(C(N)CO)c(F)c1. The molecule has 72 valence electrons. The molecular weight excluding hydrogens is 176 g/mol. The third-order valence-electron chi connectivity index (χ3n) is 1.79. The van der Waals surface area contributed by atoms with Crippen LogP contribution in [-0.2, 0) is 0 Å². The second-order valence-electron chi connectivity index (χ2n) is 2.93. The highest BCUT2D eigenvalue weighted by molar-refractivity contribution is 5.27. The van der Waals surface area contributed by atoms with Crippen molar-refractivity contribution >= 4 is 0 Å². The van der Waals surface area contributed by atoms with Crippen LogP contribution in [0.15, 0.2) is 12.1 Å². The average molecular weight is 187 g/mol. The second kappa shape index (κ2) is 3.81. The molecule has 1 unspecified atom stereocenters. The van der Waals surface area contributed by atoms with Crippen molar-refractivity contribution in [2.24, 2.45) is 5.73 Å². The van der Waals surface area contributed by atoms with Gasteiger partial charge in [-0.15, -0.1) is 0 Å². The molecule has 0 saturated heterocycles. The van der Waals surface area contributed by atoms with E-state index in [9.17, 15) is 8.78 Å². The van der Waals surface area contributed by atoms with Crippen molar-refractivity contribution in [3.05, 3.63) is 34.9 Å². The normalized spacial score (nSPS) is 13.0. The Hall–Kier alpha value is -1.00. The fraction of sp³-hybridized carbons (Fsp3) is 0.333. The summed E-state index contributed by atoms with van der Waals surface area (Å²) in [5.41, 5.74) is 5.55. The standard InChI is InChI=1S/C9H11F2NO/c1-5-2-6(10)9(7(11)3-5)8(12)4-13/h2-3,8,13H,4,12H2,1H3. The molecule has 0 aliphatic rings. The Labute approximate surface area is 75.0 Å². The van der Waals surface area contributed by atoms with Gasteiger partial charge in [0.05, 0.1) is 12.6 Å². The molecule has 0 bridgehead atoms. The topological polar surface area (TPSA) is 46.2 Å². The van der Waals surface area contributed by atoms with Crippen LogP contribution in [-0.4, -0.2) is 11.7 Å². The first kappa shape index (κ1) is 10.1. The van der Waals surface area contributed by atoms with Crippen LogP contribution in [0.4, 0.5) is 8.78 Å². The Balaban J connectivity index is 3.20. The first-order valence-electron chi connectivity index (χ1n) is 3.88. The van der Waals surface area contributed by atoms with Crippen molar-refractivity contribution in [3.63, 3.8) is 0 Å². The molecule has 3 N–H and O–H groups in total. The van der Waals surface area contributed by atoms with Gasteiger partial charge < -0.3 is 10.8 Å². The largest absolute Gasteiger partial charge is 0.394 e. The molecule has 0 fully saturated rings. The maximum Gasteiger partial charge on any atom is 0.131 e. The van der Waals surface area contributed by atoms with Gasteiger partial charge in [-0.05, 0) is 24.6 Å². The molecule has 0 aromatic heterocycles. The van der Waals surface area contributed by atoms with Crippen molar-refractivity contribution in [1.82, 2.24) is 0 Å². The Kier molecular flexibility index (Phi) is 2.95. The van der Waals surface area contributed by atoms with Crippen LogP contribution in [0.3, 0.4) is 0 Å². The van der Waals surface area contributed by atoms with Crippen molar-refractivity contribution < 1.29 is 13.9 Å². The van der Waals surface area contributed by atoms with Crippen LogP contribution >= 0.6 is 0 Å². The van der Waals surface area contributed by atoms with Crippen LogP contribution in [0.25, 0.3) is 0 Å². The fourth-order valence-electron chi connectivity index (χ4n) is 1.16. The number of aliphatic hydroxyl groups excluding tert-OH is 1. The van der Waals surface area contributed by atoms with E-state index in [0.717, 1.165) is 0 Å². The van der Waals surface area contributed by atoms with Gasteiger partial charge >= 0.3 is 0 Å². The zero-order chi connectivity index (χ0) is 10.0. The van der Waals surface area contributed by atoms with Gasteiger partial charge in [-0.2, -0.15) is 0 Å². The number of rotatable bonds is 2. The lowest BCUT2D eigenvalue weighted by Gasteiger charge is -2.11. The summed E-state index contributed by atoms with van der Waals surface area (Å²) in [6.07, 6.45) is 0. The Morgan fingerprint density at radius 1 is 1.38 bits per heavy atom. The van der Waals surface area contributed by atoms with Gasteiger partial charge in [0.15, 0.2) is 0 Å². The lowest BCUT2D eigenvalue weighted by atomic mass is 10.0. The number of hydrogen-bond acceptors (Lipinski definition) is 2. The zero-order valence-electron chi connectivity index (χ0n) is 7.22. The van der Waals surface area contributed by atoms with Crippen LogP contribution < -0.4 is 5.73 Å². The first-order chi connectivity index (χ1) is 6.06. The number of benzene rings is 1. The lowest BCUT2D eigenvalue weighted by molar-refractivity contribution is 0.262. The molecule has 0 spiro atoms. The smallest absolute Gasteiger partial charge is 0.131 e. The molecule has 2 nitrogen and oxygen atoms in total. The van der Waals surface area contributed by atoms with Gasteiger partial charge in [-0.25, -0.2) is 8.78 Å². The summed E-state index contributed by atoms with van der Waals surface area (Å²) in [5, 5.41) is 8.65. The van der Waals surface area contributed by atoms with Gasteiger partial charge in [0, 0.05) is 5.56 Å². The third kappa shape index (κ3) is 2.02. The summed E-state index contributed by atoms with van der Waals surface area (Å²) in [6, 6.07) is 1.38. The summed E-state index contributed by atoms with van der Waals surface area (Å²) in [7, 11) is 0. The molecule has 0 heterocycles. The number of hydrogen-bond donors (Lipinski definition) is 2. The quantitative estimate of drug-likeness (QED) is 0.732. The van der Waals surface area contributed by atoms with E-state index < -0.39 is 24.3 Å². The monoisotopic (exact) mass is 187 g/mol. The minimum Gasteiger partial charge on any atom is -0.394 e. The number of halogens is 2. The van der Waals surface area contributed by atoms with E-state index in [1.807, 2.05) is 0 Å². The Morgan fingerprint density at radius 3 is 2.23 bits per heavy atom. The van der Waals surface area contributed by atoms with E-state index in [2.05, 4.69) is 0 Å². The highest BCUT2D eigenvalue weighted by atomic mass is 19.1. The highest BCUT2D eigenvalue weighted by Crippen LogP contribution is 2.20. The fourth-order valence-corrected chi connectivity index (χ4v) is 1.16. The molecule has 0 aliphatic heterocycles. The van der Waals surface area contributed by atoms with Crippen molar-refractivity contribution in [1.29, 1.82) is 0 Å². The summed E-state index contributed by atoms with van der Waals surface area (Å²) in [4.78, 5) is 0. The van der Waals surface area contributed by atoms with Crippen LogP contribution in [0.2, 0.25) is 0 Å². The number of nitrogens with two attached hydrogens (primary N) is 1. The summed E-state index contributed by atoms with van der Waals surface area (Å²) < 4.78 is 26.2. The van der Waals surface area contributed by atoms with Gasteiger partial charge in [-0.3, -0.25) is 0 Å². The summed E-state index contributed by atoms with van der Waals surface area (Å²) >= 11 is 0. The van der Waals surface area contributed by atoms with Gasteiger partial charge in [0.1, 0.15) is 11.6 Å². The maximum atomic E-state index is 13.1. The van der Waals surface area contributed by atoms with E-state index in [4.69, 9.17) is 10.8 Å². The highest BCUT2D eigenvalue weighted by Gasteiger charge is 2.16. The maximum absolute atomic E-state index is 13.1. The molecule has 0 aliphatic carbocycles. The first-order valence-corrected chi connectivity index (χ1v) is 3.88. The van der Waals surface area contributed by atoms with Crippen molar-refractivity contribution in [2.75, 3.05) is 6.61 Å². The van der Waals surface area contributed by atoms with Crippen molar-refractivity contribution in [2.45, 2.75) is 13.0 Å². The Morgan fingerprint density at radius 2 is 1.85 bits per heavy atom. The van der Waals surface area contributed by atoms with Crippen LogP contribution in [0.1, 0.15) is 17.2 Å². The van der Waals surface area contributed by atoms with Crippen molar-refractivity contribution in [3.8, 4) is 0 Å². The van der Waals surface area contributed by atoms with Crippen LogP contribution in [0, 0.1) is 18.6 Å². The predicted octanol–water partition coefficient (Wildman–Crippen LogP) is 1.27. The van der Waals surface area contributed by atoms with Gasteiger partial charge in [0.2, 0.25) is 0 Å². The molecule has 0 radical (unpaired) electrons. The minimum absolute atomic E-state index is 0.256. The predicted molar refractivity (Wildman–Crippen MR) is 45.1 cm³/mol. The molecule has 1 aromatic rings. The molecule has 13 heavy (non-hydrogen) atoms. The molecule has 1 aromatic carbocycles. The zero-order valence-corrected chi connectivity index (χ0v) is 7.22.